The lowest BCUT2D eigenvalue weighted by Crippen LogP contribution is -2.48. The van der Waals surface area contributed by atoms with E-state index in [1.807, 2.05) is 35.9 Å². The van der Waals surface area contributed by atoms with E-state index in [1.165, 1.54) is 16.2 Å². The average molecular weight is 474 g/mol. The summed E-state index contributed by atoms with van der Waals surface area (Å²) in [4.78, 5) is 45.1. The highest BCUT2D eigenvalue weighted by molar-refractivity contribution is 7.98. The quantitative estimate of drug-likeness (QED) is 0.582. The summed E-state index contributed by atoms with van der Waals surface area (Å²) in [7, 11) is 1.61. The standard InChI is InChI=1S/C23H27N3O4S2/c1-30-15-9-7-14(8-10-15)18-13-32-23(24-18)25-20(27)19(11-12-31-2)26-21(28)16-5-3-4-6-17(16)22(26)29/h7-10,13,16-17,19H,3-6,11-12H2,1-2H3,(H,24,25,27). The van der Waals surface area contributed by atoms with E-state index in [4.69, 9.17) is 4.74 Å². The number of nitrogens with one attached hydrogen (secondary N) is 1. The summed E-state index contributed by atoms with van der Waals surface area (Å²) >= 11 is 2.91. The van der Waals surface area contributed by atoms with Gasteiger partial charge in [0.2, 0.25) is 17.7 Å². The Morgan fingerprint density at radius 3 is 2.47 bits per heavy atom. The Balaban J connectivity index is 1.51. The summed E-state index contributed by atoms with van der Waals surface area (Å²) in [6.45, 7) is 0. The zero-order valence-corrected chi connectivity index (χ0v) is 19.8. The van der Waals surface area contributed by atoms with Crippen LogP contribution in [0.4, 0.5) is 5.13 Å². The van der Waals surface area contributed by atoms with E-state index in [1.54, 1.807) is 18.9 Å². The molecule has 7 nitrogen and oxygen atoms in total. The minimum absolute atomic E-state index is 0.181. The van der Waals surface area contributed by atoms with Gasteiger partial charge in [-0.3, -0.25) is 19.3 Å². The fraction of sp³-hybridized carbons (Fsp3) is 0.478. The molecule has 4 rings (SSSR count). The van der Waals surface area contributed by atoms with Crippen molar-refractivity contribution in [2.24, 2.45) is 11.8 Å². The van der Waals surface area contributed by atoms with Gasteiger partial charge >= 0.3 is 0 Å². The number of methoxy groups -OCH3 is 1. The van der Waals surface area contributed by atoms with Gasteiger partial charge in [0.25, 0.3) is 0 Å². The number of aromatic nitrogens is 1. The first kappa shape index (κ1) is 22.8. The second kappa shape index (κ2) is 10.0. The maximum atomic E-state index is 13.2. The second-order valence-corrected chi connectivity index (χ2v) is 9.94. The van der Waals surface area contributed by atoms with Gasteiger partial charge in [0.15, 0.2) is 5.13 Å². The number of carbonyl (C=O) groups excluding carboxylic acids is 3. The Morgan fingerprint density at radius 1 is 1.22 bits per heavy atom. The minimum Gasteiger partial charge on any atom is -0.497 e. The van der Waals surface area contributed by atoms with Gasteiger partial charge in [-0.2, -0.15) is 11.8 Å². The normalized spacial score (nSPS) is 21.4. The summed E-state index contributed by atoms with van der Waals surface area (Å²) in [5.74, 6) is 0.201. The van der Waals surface area contributed by atoms with E-state index in [0.717, 1.165) is 42.7 Å². The Hall–Kier alpha value is -2.39. The molecule has 1 aliphatic heterocycles. The Kier molecular flexibility index (Phi) is 7.15. The van der Waals surface area contributed by atoms with E-state index >= 15 is 0 Å². The van der Waals surface area contributed by atoms with Crippen molar-refractivity contribution in [1.29, 1.82) is 0 Å². The number of thiazole rings is 1. The molecule has 1 saturated heterocycles. The molecule has 2 heterocycles. The number of anilines is 1. The predicted molar refractivity (Wildman–Crippen MR) is 127 cm³/mol. The molecule has 9 heteroatoms. The molecule has 2 fully saturated rings. The molecule has 0 bridgehead atoms. The third kappa shape index (κ3) is 4.54. The van der Waals surface area contributed by atoms with Crippen LogP contribution in [0.3, 0.4) is 0 Å². The number of benzene rings is 1. The molecule has 3 amide bonds. The number of thioether (sulfide) groups is 1. The van der Waals surface area contributed by atoms with Gasteiger partial charge in [-0.05, 0) is 55.5 Å². The number of ether oxygens (including phenoxy) is 1. The first-order valence-corrected chi connectivity index (χ1v) is 13.1. The van der Waals surface area contributed by atoms with E-state index in [9.17, 15) is 14.4 Å². The van der Waals surface area contributed by atoms with Crippen LogP contribution in [-0.2, 0) is 14.4 Å². The number of hydrogen-bond donors (Lipinski definition) is 1. The number of fused-ring (bicyclic) bond motifs is 1. The molecule has 0 radical (unpaired) electrons. The van der Waals surface area contributed by atoms with E-state index < -0.39 is 6.04 Å². The second-order valence-electron chi connectivity index (χ2n) is 8.10. The summed E-state index contributed by atoms with van der Waals surface area (Å²) in [6.07, 6.45) is 5.78. The van der Waals surface area contributed by atoms with Crippen LogP contribution in [0.5, 0.6) is 5.75 Å². The van der Waals surface area contributed by atoms with Crippen LogP contribution in [0.15, 0.2) is 29.6 Å². The number of rotatable bonds is 8. The van der Waals surface area contributed by atoms with Crippen LogP contribution in [0.25, 0.3) is 11.3 Å². The third-order valence-electron chi connectivity index (χ3n) is 6.21. The monoisotopic (exact) mass is 473 g/mol. The first-order chi connectivity index (χ1) is 15.5. The Morgan fingerprint density at radius 2 is 1.88 bits per heavy atom. The zero-order valence-electron chi connectivity index (χ0n) is 18.2. The highest BCUT2D eigenvalue weighted by Gasteiger charge is 2.51. The highest BCUT2D eigenvalue weighted by atomic mass is 32.2. The van der Waals surface area contributed by atoms with Crippen molar-refractivity contribution < 1.29 is 19.1 Å². The molecule has 1 aliphatic carbocycles. The summed E-state index contributed by atoms with van der Waals surface area (Å²) < 4.78 is 5.19. The number of carbonyl (C=O) groups is 3. The van der Waals surface area contributed by atoms with E-state index in [2.05, 4.69) is 10.3 Å². The topological polar surface area (TPSA) is 88.6 Å². The predicted octanol–water partition coefficient (Wildman–Crippen LogP) is 4.05. The Labute approximate surface area is 195 Å². The van der Waals surface area contributed by atoms with Gasteiger partial charge in [0, 0.05) is 10.9 Å². The van der Waals surface area contributed by atoms with Crippen LogP contribution in [0.2, 0.25) is 0 Å². The van der Waals surface area contributed by atoms with Crippen LogP contribution in [-0.4, -0.2) is 52.8 Å². The van der Waals surface area contributed by atoms with Gasteiger partial charge in [-0.15, -0.1) is 11.3 Å². The van der Waals surface area contributed by atoms with Crippen molar-refractivity contribution in [3.63, 3.8) is 0 Å². The summed E-state index contributed by atoms with van der Waals surface area (Å²) in [6, 6.07) is 6.72. The van der Waals surface area contributed by atoms with Crippen molar-refractivity contribution in [1.82, 2.24) is 9.88 Å². The number of imide groups is 1. The highest BCUT2D eigenvalue weighted by Crippen LogP contribution is 2.39. The number of nitrogens with zero attached hydrogens (tertiary/aromatic N) is 2. The average Bonchev–Trinajstić information content (AvgIpc) is 3.38. The fourth-order valence-corrected chi connectivity index (χ4v) is 5.70. The largest absolute Gasteiger partial charge is 0.497 e. The molecule has 1 N–H and O–H groups in total. The molecular formula is C23H27N3O4S2. The SMILES string of the molecule is COc1ccc(-c2csc(NC(=O)C(CCSC)N3C(=O)C4CCCCC4C3=O)n2)cc1. The molecule has 3 unspecified atom stereocenters. The van der Waals surface area contributed by atoms with Crippen LogP contribution in [0.1, 0.15) is 32.1 Å². The smallest absolute Gasteiger partial charge is 0.249 e. The number of amides is 3. The number of hydrogen-bond acceptors (Lipinski definition) is 7. The maximum Gasteiger partial charge on any atom is 0.249 e. The molecule has 1 aromatic heterocycles. The van der Waals surface area contributed by atoms with Crippen molar-refractivity contribution in [2.75, 3.05) is 24.4 Å². The lowest BCUT2D eigenvalue weighted by Gasteiger charge is -2.25. The van der Waals surface area contributed by atoms with E-state index in [0.29, 0.717) is 17.3 Å². The molecular weight excluding hydrogens is 446 g/mol. The molecule has 3 atom stereocenters. The van der Waals surface area contributed by atoms with Gasteiger partial charge in [-0.25, -0.2) is 4.98 Å². The van der Waals surface area contributed by atoms with Crippen molar-refractivity contribution >= 4 is 46.0 Å². The van der Waals surface area contributed by atoms with Gasteiger partial charge in [-0.1, -0.05) is 12.8 Å². The lowest BCUT2D eigenvalue weighted by atomic mass is 9.81. The van der Waals surface area contributed by atoms with Crippen molar-refractivity contribution in [2.45, 2.75) is 38.1 Å². The fourth-order valence-electron chi connectivity index (χ4n) is 4.52. The molecule has 1 saturated carbocycles. The molecule has 2 aliphatic rings. The minimum atomic E-state index is -0.804. The van der Waals surface area contributed by atoms with Crippen LogP contribution < -0.4 is 10.1 Å². The van der Waals surface area contributed by atoms with Gasteiger partial charge in [0.1, 0.15) is 11.8 Å². The molecule has 170 valence electrons. The zero-order chi connectivity index (χ0) is 22.7. The van der Waals surface area contributed by atoms with Crippen molar-refractivity contribution in [3.05, 3.63) is 29.6 Å². The Bertz CT molecular complexity index is 967. The molecule has 32 heavy (non-hydrogen) atoms. The number of likely N-dealkylation sites (tertiary alicyclic amines) is 1. The van der Waals surface area contributed by atoms with Gasteiger partial charge < -0.3 is 10.1 Å². The van der Waals surface area contributed by atoms with Gasteiger partial charge in [0.05, 0.1) is 24.6 Å². The third-order valence-corrected chi connectivity index (χ3v) is 7.61. The molecule has 0 spiro atoms. The van der Waals surface area contributed by atoms with E-state index in [-0.39, 0.29) is 29.6 Å². The summed E-state index contributed by atoms with van der Waals surface area (Å²) in [5, 5.41) is 5.17. The van der Waals surface area contributed by atoms with Crippen LogP contribution >= 0.6 is 23.1 Å². The maximum absolute atomic E-state index is 13.2. The van der Waals surface area contributed by atoms with Crippen molar-refractivity contribution in [3.8, 4) is 17.0 Å². The first-order valence-electron chi connectivity index (χ1n) is 10.8. The molecule has 2 aromatic rings. The lowest BCUT2D eigenvalue weighted by molar-refractivity contribution is -0.146. The summed E-state index contributed by atoms with van der Waals surface area (Å²) in [5.41, 5.74) is 1.66. The molecule has 1 aromatic carbocycles. The van der Waals surface area contributed by atoms with Crippen LogP contribution in [0, 0.1) is 11.8 Å².